The molecule has 3 rings (SSSR count). The molecule has 0 atom stereocenters. The van der Waals surface area contributed by atoms with Gasteiger partial charge in [-0.3, -0.25) is 14.2 Å². The van der Waals surface area contributed by atoms with Crippen molar-refractivity contribution in [2.75, 3.05) is 6.61 Å². The van der Waals surface area contributed by atoms with E-state index in [0.717, 1.165) is 5.56 Å². The summed E-state index contributed by atoms with van der Waals surface area (Å²) in [6, 6.07) is 10.2. The predicted molar refractivity (Wildman–Crippen MR) is 108 cm³/mol. The number of esters is 1. The minimum Gasteiger partial charge on any atom is -0.490 e. The van der Waals surface area contributed by atoms with Crippen molar-refractivity contribution in [3.63, 3.8) is 0 Å². The smallest absolute Gasteiger partial charge is 0.313 e. The molecule has 0 aliphatic carbocycles. The van der Waals surface area contributed by atoms with E-state index in [1.807, 2.05) is 19.1 Å². The predicted octanol–water partition coefficient (Wildman–Crippen LogP) is 3.62. The molecule has 1 aromatic heterocycles. The molecule has 1 heterocycles. The third kappa shape index (κ3) is 4.39. The van der Waals surface area contributed by atoms with Gasteiger partial charge in [0.1, 0.15) is 0 Å². The number of benzene rings is 2. The lowest BCUT2D eigenvalue weighted by Crippen LogP contribution is -2.23. The van der Waals surface area contributed by atoms with Crippen LogP contribution in [0.4, 0.5) is 0 Å². The van der Waals surface area contributed by atoms with E-state index in [4.69, 9.17) is 26.3 Å². The van der Waals surface area contributed by atoms with E-state index >= 15 is 0 Å². The van der Waals surface area contributed by atoms with Gasteiger partial charge in [0.2, 0.25) is 0 Å². The second kappa shape index (κ2) is 8.76. The Hall–Kier alpha value is -3.37. The highest BCUT2D eigenvalue weighted by Crippen LogP contribution is 2.36. The highest BCUT2D eigenvalue weighted by Gasteiger charge is 2.17. The second-order valence-corrected chi connectivity index (χ2v) is 6.68. The number of carbonyl (C=O) groups excluding carboxylic acids is 1. The van der Waals surface area contributed by atoms with Gasteiger partial charge in [0.05, 0.1) is 46.9 Å². The summed E-state index contributed by atoms with van der Waals surface area (Å²) >= 11 is 6.14. The summed E-state index contributed by atoms with van der Waals surface area (Å²) in [5.74, 6) is -0.323. The molecule has 2 aromatic carbocycles. The Morgan fingerprint density at radius 2 is 2.14 bits per heavy atom. The first-order chi connectivity index (χ1) is 13.9. The van der Waals surface area contributed by atoms with Gasteiger partial charge in [-0.2, -0.15) is 5.26 Å². The number of nitriles is 1. The van der Waals surface area contributed by atoms with Crippen molar-refractivity contribution in [1.29, 1.82) is 5.26 Å². The van der Waals surface area contributed by atoms with Gasteiger partial charge in [0, 0.05) is 12.6 Å². The monoisotopic (exact) mass is 411 g/mol. The Morgan fingerprint density at radius 1 is 1.34 bits per heavy atom. The van der Waals surface area contributed by atoms with E-state index in [2.05, 4.69) is 4.98 Å². The Bertz CT molecular complexity index is 1180. The van der Waals surface area contributed by atoms with Crippen LogP contribution >= 0.6 is 11.6 Å². The zero-order valence-corrected chi connectivity index (χ0v) is 16.7. The first-order valence-corrected chi connectivity index (χ1v) is 9.34. The molecule has 0 radical (unpaired) electrons. The Morgan fingerprint density at radius 3 is 2.86 bits per heavy atom. The number of aromatic nitrogens is 2. The van der Waals surface area contributed by atoms with Gasteiger partial charge < -0.3 is 9.47 Å². The summed E-state index contributed by atoms with van der Waals surface area (Å²) in [5.41, 5.74) is 1.62. The van der Waals surface area contributed by atoms with Crippen LogP contribution in [0.5, 0.6) is 11.5 Å². The van der Waals surface area contributed by atoms with Crippen molar-refractivity contribution in [3.8, 4) is 17.6 Å². The van der Waals surface area contributed by atoms with E-state index in [-0.39, 0.29) is 35.0 Å². The molecule has 0 saturated carbocycles. The van der Waals surface area contributed by atoms with Crippen LogP contribution in [0.1, 0.15) is 24.5 Å². The van der Waals surface area contributed by atoms with Crippen molar-refractivity contribution in [3.05, 3.63) is 63.2 Å². The van der Waals surface area contributed by atoms with Gasteiger partial charge in [-0.05, 0) is 31.5 Å². The van der Waals surface area contributed by atoms with Crippen LogP contribution in [-0.4, -0.2) is 22.1 Å². The molecule has 0 aliphatic heterocycles. The summed E-state index contributed by atoms with van der Waals surface area (Å²) in [5, 5.41) is 9.64. The van der Waals surface area contributed by atoms with Crippen LogP contribution in [0.25, 0.3) is 10.9 Å². The van der Waals surface area contributed by atoms with Crippen LogP contribution in [0.2, 0.25) is 5.02 Å². The largest absolute Gasteiger partial charge is 0.490 e. The maximum absolute atomic E-state index is 12.6. The molecule has 8 heteroatoms. The molecule has 0 fully saturated rings. The van der Waals surface area contributed by atoms with E-state index in [9.17, 15) is 9.59 Å². The molecule has 3 aromatic rings. The maximum Gasteiger partial charge on any atom is 0.313 e. The summed E-state index contributed by atoms with van der Waals surface area (Å²) in [6.07, 6.45) is 1.35. The Kier molecular flexibility index (Phi) is 6.15. The number of rotatable bonds is 6. The normalized spacial score (nSPS) is 10.6. The number of nitrogens with zero attached hydrogens (tertiary/aromatic N) is 3. The molecule has 29 heavy (non-hydrogen) atoms. The van der Waals surface area contributed by atoms with Crippen molar-refractivity contribution in [2.45, 2.75) is 26.8 Å². The molecule has 148 valence electrons. The van der Waals surface area contributed by atoms with Crippen LogP contribution in [-0.2, 0) is 11.3 Å². The summed E-state index contributed by atoms with van der Waals surface area (Å²) in [4.78, 5) is 29.3. The molecule has 0 aliphatic rings. The average Bonchev–Trinajstić information content (AvgIpc) is 2.70. The number of para-hydroxylation sites is 1. The Balaban J connectivity index is 1.77. The third-order valence-corrected chi connectivity index (χ3v) is 4.55. The zero-order valence-electron chi connectivity index (χ0n) is 15.9. The van der Waals surface area contributed by atoms with Gasteiger partial charge in [-0.25, -0.2) is 4.98 Å². The van der Waals surface area contributed by atoms with E-state index in [0.29, 0.717) is 23.1 Å². The highest BCUT2D eigenvalue weighted by atomic mass is 35.5. The first kappa shape index (κ1) is 20.4. The molecule has 0 bridgehead atoms. The molecular formula is C21H18ClN3O4. The molecule has 0 unspecified atom stereocenters. The highest BCUT2D eigenvalue weighted by molar-refractivity contribution is 6.32. The quantitative estimate of drug-likeness (QED) is 0.454. The molecule has 7 nitrogen and oxygen atoms in total. The average molecular weight is 412 g/mol. The lowest BCUT2D eigenvalue weighted by molar-refractivity contribution is -0.134. The van der Waals surface area contributed by atoms with E-state index in [1.165, 1.54) is 23.0 Å². The fraction of sp³-hybridized carbons (Fsp3) is 0.238. The first-order valence-electron chi connectivity index (χ1n) is 8.96. The fourth-order valence-corrected chi connectivity index (χ4v) is 3.12. The molecular weight excluding hydrogens is 394 g/mol. The number of hydrogen-bond acceptors (Lipinski definition) is 6. The number of halogens is 1. The lowest BCUT2D eigenvalue weighted by Gasteiger charge is -2.13. The van der Waals surface area contributed by atoms with Gasteiger partial charge in [0.25, 0.3) is 5.56 Å². The summed E-state index contributed by atoms with van der Waals surface area (Å²) in [6.45, 7) is 4.06. The van der Waals surface area contributed by atoms with Crippen LogP contribution in [0, 0.1) is 18.3 Å². The number of carbonyl (C=O) groups is 1. The zero-order chi connectivity index (χ0) is 21.0. The van der Waals surface area contributed by atoms with Crippen LogP contribution in [0.15, 0.2) is 41.5 Å². The fourth-order valence-electron chi connectivity index (χ4n) is 2.87. The Labute approximate surface area is 172 Å². The lowest BCUT2D eigenvalue weighted by atomic mass is 10.1. The van der Waals surface area contributed by atoms with Gasteiger partial charge in [0.15, 0.2) is 11.5 Å². The van der Waals surface area contributed by atoms with Crippen molar-refractivity contribution >= 4 is 28.5 Å². The molecule has 0 N–H and O–H groups in total. The van der Waals surface area contributed by atoms with E-state index < -0.39 is 5.97 Å². The minimum absolute atomic E-state index is 0.0529. The summed E-state index contributed by atoms with van der Waals surface area (Å²) in [7, 11) is 0. The maximum atomic E-state index is 12.6. The number of fused-ring (bicyclic) bond motifs is 1. The summed E-state index contributed by atoms with van der Waals surface area (Å²) < 4.78 is 12.1. The minimum atomic E-state index is -0.589. The van der Waals surface area contributed by atoms with Crippen molar-refractivity contribution in [2.24, 2.45) is 0 Å². The third-order valence-electron chi connectivity index (χ3n) is 4.27. The number of hydrogen-bond donors (Lipinski definition) is 0. The van der Waals surface area contributed by atoms with E-state index in [1.54, 1.807) is 19.1 Å². The van der Waals surface area contributed by atoms with Crippen molar-refractivity contribution < 1.29 is 14.3 Å². The van der Waals surface area contributed by atoms with Gasteiger partial charge in [-0.1, -0.05) is 23.7 Å². The number of aryl methyl sites for hydroxylation is 2. The molecule has 0 amide bonds. The second-order valence-electron chi connectivity index (χ2n) is 6.27. The molecule has 0 saturated heterocycles. The van der Waals surface area contributed by atoms with Gasteiger partial charge >= 0.3 is 5.97 Å². The molecule has 0 spiro atoms. The van der Waals surface area contributed by atoms with Crippen LogP contribution in [0.3, 0.4) is 0 Å². The standard InChI is InChI=1S/C21H18ClN3O4/c1-3-28-17-10-14(11-23)9-16(22)20(17)29-18(26)7-8-25-12-24-19-13(2)5-4-6-15(19)21(25)27/h4-6,9-10,12H,3,7-8H2,1-2H3. The SMILES string of the molecule is CCOc1cc(C#N)cc(Cl)c1OC(=O)CCn1cnc2c(C)cccc2c1=O. The van der Waals surface area contributed by atoms with Gasteiger partial charge in [-0.15, -0.1) is 0 Å². The topological polar surface area (TPSA) is 94.2 Å². The number of ether oxygens (including phenoxy) is 2. The van der Waals surface area contributed by atoms with Crippen molar-refractivity contribution in [1.82, 2.24) is 9.55 Å². The van der Waals surface area contributed by atoms with Crippen LogP contribution < -0.4 is 15.0 Å².